The van der Waals surface area contributed by atoms with Gasteiger partial charge in [-0.25, -0.2) is 9.78 Å². The predicted molar refractivity (Wildman–Crippen MR) is 69.3 cm³/mol. The molecule has 0 saturated carbocycles. The van der Waals surface area contributed by atoms with Gasteiger partial charge in [-0.05, 0) is 24.3 Å². The topological polar surface area (TPSA) is 75.4 Å². The molecule has 1 amide bonds. The molecular weight excluding hydrogens is 246 g/mol. The second kappa shape index (κ2) is 4.93. The summed E-state index contributed by atoms with van der Waals surface area (Å²) in [6, 6.07) is 6.09. The molecule has 1 aromatic heterocycles. The summed E-state index contributed by atoms with van der Waals surface area (Å²) in [4.78, 5) is 28.3. The molecule has 1 N–H and O–H groups in total. The number of aromatic carboxylic acids is 1. The van der Waals surface area contributed by atoms with Crippen molar-refractivity contribution >= 4 is 17.6 Å². The quantitative estimate of drug-likeness (QED) is 0.903. The fourth-order valence-electron chi connectivity index (χ4n) is 1.64. The number of imidazole rings is 1. The van der Waals surface area contributed by atoms with Gasteiger partial charge in [0.2, 0.25) is 0 Å². The fourth-order valence-corrected chi connectivity index (χ4v) is 1.64. The van der Waals surface area contributed by atoms with Gasteiger partial charge in [-0.3, -0.25) is 4.79 Å². The number of rotatable bonds is 3. The highest BCUT2D eigenvalue weighted by Gasteiger charge is 2.16. The molecule has 0 unspecified atom stereocenters. The van der Waals surface area contributed by atoms with E-state index in [1.54, 1.807) is 43.3 Å². The second-order valence-electron chi connectivity index (χ2n) is 4.14. The third-order valence-corrected chi connectivity index (χ3v) is 2.73. The van der Waals surface area contributed by atoms with Crippen LogP contribution in [0, 0.1) is 0 Å². The van der Waals surface area contributed by atoms with Gasteiger partial charge in [-0.1, -0.05) is 0 Å². The summed E-state index contributed by atoms with van der Waals surface area (Å²) in [7, 11) is 3.40. The van der Waals surface area contributed by atoms with Crippen molar-refractivity contribution in [2.75, 3.05) is 11.9 Å². The maximum Gasteiger partial charge on any atom is 0.335 e. The molecule has 6 heteroatoms. The van der Waals surface area contributed by atoms with Gasteiger partial charge in [0.15, 0.2) is 0 Å². The average molecular weight is 259 g/mol. The van der Waals surface area contributed by atoms with Crippen molar-refractivity contribution < 1.29 is 14.7 Å². The first kappa shape index (κ1) is 12.8. The molecule has 0 radical (unpaired) electrons. The van der Waals surface area contributed by atoms with Crippen molar-refractivity contribution in [3.05, 3.63) is 48.0 Å². The number of aromatic nitrogens is 2. The number of aryl methyl sites for hydroxylation is 1. The van der Waals surface area contributed by atoms with Gasteiger partial charge in [0.1, 0.15) is 5.69 Å². The predicted octanol–water partition coefficient (Wildman–Crippen LogP) is 1.39. The lowest BCUT2D eigenvalue weighted by molar-refractivity contribution is 0.0696. The van der Waals surface area contributed by atoms with Crippen LogP contribution in [0.25, 0.3) is 0 Å². The molecule has 0 aliphatic carbocycles. The zero-order chi connectivity index (χ0) is 14.0. The number of carbonyl (C=O) groups excluding carboxylic acids is 1. The summed E-state index contributed by atoms with van der Waals surface area (Å²) in [6.07, 6.45) is 3.18. The van der Waals surface area contributed by atoms with E-state index in [4.69, 9.17) is 5.11 Å². The highest BCUT2D eigenvalue weighted by Crippen LogP contribution is 2.16. The Labute approximate surface area is 109 Å². The van der Waals surface area contributed by atoms with Gasteiger partial charge in [0, 0.05) is 26.0 Å². The molecule has 0 fully saturated rings. The van der Waals surface area contributed by atoms with E-state index in [2.05, 4.69) is 4.98 Å². The summed E-state index contributed by atoms with van der Waals surface area (Å²) in [5.41, 5.74) is 1.13. The van der Waals surface area contributed by atoms with Crippen LogP contribution in [0.15, 0.2) is 36.8 Å². The minimum Gasteiger partial charge on any atom is -0.478 e. The molecule has 0 aliphatic rings. The van der Waals surface area contributed by atoms with Crippen LogP contribution in [0.1, 0.15) is 20.8 Å². The van der Waals surface area contributed by atoms with Crippen LogP contribution in [0.2, 0.25) is 0 Å². The second-order valence-corrected chi connectivity index (χ2v) is 4.14. The SMILES string of the molecule is CN(C(=O)c1cn(C)cn1)c1ccc(C(=O)O)cc1. The number of hydrogen-bond acceptors (Lipinski definition) is 3. The van der Waals surface area contributed by atoms with E-state index in [0.717, 1.165) is 0 Å². The van der Waals surface area contributed by atoms with Crippen LogP contribution < -0.4 is 4.90 Å². The van der Waals surface area contributed by atoms with E-state index in [-0.39, 0.29) is 11.5 Å². The van der Waals surface area contributed by atoms with Gasteiger partial charge < -0.3 is 14.6 Å². The Balaban J connectivity index is 2.21. The van der Waals surface area contributed by atoms with Crippen LogP contribution in [0.4, 0.5) is 5.69 Å². The normalized spacial score (nSPS) is 10.2. The van der Waals surface area contributed by atoms with Crippen molar-refractivity contribution in [3.8, 4) is 0 Å². The van der Waals surface area contributed by atoms with Crippen LogP contribution in [0.3, 0.4) is 0 Å². The number of carboxylic acid groups (broad SMARTS) is 1. The van der Waals surface area contributed by atoms with Crippen LogP contribution in [-0.2, 0) is 7.05 Å². The maximum atomic E-state index is 12.1. The van der Waals surface area contributed by atoms with Gasteiger partial charge >= 0.3 is 5.97 Å². The Morgan fingerprint density at radius 3 is 2.37 bits per heavy atom. The summed E-state index contributed by atoms with van der Waals surface area (Å²) < 4.78 is 1.69. The molecule has 0 saturated heterocycles. The lowest BCUT2D eigenvalue weighted by Crippen LogP contribution is -2.26. The Morgan fingerprint density at radius 1 is 1.26 bits per heavy atom. The van der Waals surface area contributed by atoms with Gasteiger partial charge in [0.25, 0.3) is 5.91 Å². The first-order valence-corrected chi connectivity index (χ1v) is 5.58. The Hall–Kier alpha value is -2.63. The highest BCUT2D eigenvalue weighted by atomic mass is 16.4. The maximum absolute atomic E-state index is 12.1. The summed E-state index contributed by atoms with van der Waals surface area (Å²) in [5.74, 6) is -1.24. The van der Waals surface area contributed by atoms with Gasteiger partial charge in [-0.2, -0.15) is 0 Å². The van der Waals surface area contributed by atoms with Crippen molar-refractivity contribution in [1.29, 1.82) is 0 Å². The zero-order valence-electron chi connectivity index (χ0n) is 10.6. The lowest BCUT2D eigenvalue weighted by atomic mass is 10.2. The molecular formula is C13H13N3O3. The number of amides is 1. The zero-order valence-corrected chi connectivity index (χ0v) is 10.6. The summed E-state index contributed by atoms with van der Waals surface area (Å²) in [5, 5.41) is 8.81. The molecule has 1 heterocycles. The molecule has 19 heavy (non-hydrogen) atoms. The molecule has 0 atom stereocenters. The number of hydrogen-bond donors (Lipinski definition) is 1. The van der Waals surface area contributed by atoms with E-state index < -0.39 is 5.97 Å². The van der Waals surface area contributed by atoms with Crippen molar-refractivity contribution in [2.45, 2.75) is 0 Å². The molecule has 1 aromatic carbocycles. The van der Waals surface area contributed by atoms with E-state index in [0.29, 0.717) is 11.4 Å². The number of carboxylic acids is 1. The van der Waals surface area contributed by atoms with Crippen LogP contribution >= 0.6 is 0 Å². The minimum absolute atomic E-state index is 0.183. The Bertz CT molecular complexity index is 616. The van der Waals surface area contributed by atoms with Gasteiger partial charge in [-0.15, -0.1) is 0 Å². The third kappa shape index (κ3) is 2.62. The molecule has 2 aromatic rings. The third-order valence-electron chi connectivity index (χ3n) is 2.73. The lowest BCUT2D eigenvalue weighted by Gasteiger charge is -2.16. The van der Waals surface area contributed by atoms with Gasteiger partial charge in [0.05, 0.1) is 11.9 Å². The van der Waals surface area contributed by atoms with E-state index in [1.807, 2.05) is 0 Å². The van der Waals surface area contributed by atoms with E-state index in [9.17, 15) is 9.59 Å². The molecule has 0 bridgehead atoms. The fraction of sp³-hybridized carbons (Fsp3) is 0.154. The van der Waals surface area contributed by atoms with Crippen molar-refractivity contribution in [2.24, 2.45) is 7.05 Å². The van der Waals surface area contributed by atoms with Crippen molar-refractivity contribution in [3.63, 3.8) is 0 Å². The number of benzene rings is 1. The number of nitrogens with zero attached hydrogens (tertiary/aromatic N) is 3. The number of carbonyl (C=O) groups is 2. The first-order chi connectivity index (χ1) is 8.99. The minimum atomic E-state index is -0.995. The summed E-state index contributed by atoms with van der Waals surface area (Å²) >= 11 is 0. The van der Waals surface area contributed by atoms with E-state index in [1.165, 1.54) is 17.0 Å². The number of anilines is 1. The Kier molecular flexibility index (Phi) is 3.33. The Morgan fingerprint density at radius 2 is 1.89 bits per heavy atom. The summed E-state index contributed by atoms with van der Waals surface area (Å²) in [6.45, 7) is 0. The monoisotopic (exact) mass is 259 g/mol. The first-order valence-electron chi connectivity index (χ1n) is 5.58. The molecule has 0 aliphatic heterocycles. The molecule has 2 rings (SSSR count). The van der Waals surface area contributed by atoms with Crippen LogP contribution in [0.5, 0.6) is 0 Å². The standard InChI is InChI=1S/C13H13N3O3/c1-15-7-11(14-8-15)12(17)16(2)10-5-3-9(4-6-10)13(18)19/h3-8H,1-2H3,(H,18,19). The molecule has 0 spiro atoms. The highest BCUT2D eigenvalue weighted by molar-refractivity contribution is 6.04. The smallest absolute Gasteiger partial charge is 0.335 e. The van der Waals surface area contributed by atoms with Crippen molar-refractivity contribution in [1.82, 2.24) is 9.55 Å². The largest absolute Gasteiger partial charge is 0.478 e. The van der Waals surface area contributed by atoms with Crippen LogP contribution in [-0.4, -0.2) is 33.6 Å². The molecule has 6 nitrogen and oxygen atoms in total. The van der Waals surface area contributed by atoms with E-state index >= 15 is 0 Å². The molecule has 98 valence electrons. The average Bonchev–Trinajstić information content (AvgIpc) is 2.84.